The third-order valence-corrected chi connectivity index (χ3v) is 5.16. The van der Waals surface area contributed by atoms with Gasteiger partial charge in [0.25, 0.3) is 6.43 Å². The minimum atomic E-state index is -2.34. The summed E-state index contributed by atoms with van der Waals surface area (Å²) in [4.78, 5) is 2.63. The van der Waals surface area contributed by atoms with Crippen LogP contribution in [0.2, 0.25) is 0 Å². The fraction of sp³-hybridized carbons (Fsp3) is 0.636. The van der Waals surface area contributed by atoms with Crippen LogP contribution in [0.15, 0.2) is 9.85 Å². The SMILES string of the molecule is Cc1cc([C@H](C(F)F)N2CCNCC2)sc1Br. The van der Waals surface area contributed by atoms with E-state index in [1.807, 2.05) is 17.9 Å². The van der Waals surface area contributed by atoms with Crippen LogP contribution >= 0.6 is 27.3 Å². The molecule has 1 aromatic rings. The molecule has 2 rings (SSSR count). The number of aryl methyl sites for hydroxylation is 1. The summed E-state index contributed by atoms with van der Waals surface area (Å²) in [5.41, 5.74) is 1.03. The maximum Gasteiger partial charge on any atom is 0.258 e. The third kappa shape index (κ3) is 3.05. The first kappa shape index (κ1) is 13.4. The van der Waals surface area contributed by atoms with E-state index in [0.717, 1.165) is 27.3 Å². The van der Waals surface area contributed by atoms with E-state index < -0.39 is 12.5 Å². The van der Waals surface area contributed by atoms with Gasteiger partial charge >= 0.3 is 0 Å². The first-order chi connectivity index (χ1) is 8.09. The Morgan fingerprint density at radius 2 is 2.06 bits per heavy atom. The van der Waals surface area contributed by atoms with Crippen molar-refractivity contribution in [3.8, 4) is 0 Å². The third-order valence-electron chi connectivity index (χ3n) is 2.95. The first-order valence-corrected chi connectivity index (χ1v) is 7.19. The number of thiophene rings is 1. The van der Waals surface area contributed by atoms with E-state index in [1.165, 1.54) is 11.3 Å². The van der Waals surface area contributed by atoms with E-state index in [-0.39, 0.29) is 0 Å². The van der Waals surface area contributed by atoms with Gasteiger partial charge in [0.15, 0.2) is 0 Å². The van der Waals surface area contributed by atoms with Crippen LogP contribution in [-0.2, 0) is 0 Å². The first-order valence-electron chi connectivity index (χ1n) is 5.58. The lowest BCUT2D eigenvalue weighted by Crippen LogP contribution is -2.46. The molecule has 0 unspecified atom stereocenters. The van der Waals surface area contributed by atoms with Gasteiger partial charge in [-0.05, 0) is 34.5 Å². The number of piperazine rings is 1. The Hall–Kier alpha value is -0.0400. The van der Waals surface area contributed by atoms with Gasteiger partial charge in [-0.15, -0.1) is 11.3 Å². The number of nitrogens with one attached hydrogen (secondary N) is 1. The van der Waals surface area contributed by atoms with Crippen LogP contribution in [-0.4, -0.2) is 37.5 Å². The number of rotatable bonds is 3. The summed E-state index contributed by atoms with van der Waals surface area (Å²) >= 11 is 4.82. The molecule has 1 atom stereocenters. The van der Waals surface area contributed by atoms with E-state index in [2.05, 4.69) is 21.2 Å². The van der Waals surface area contributed by atoms with Crippen LogP contribution in [0.4, 0.5) is 8.78 Å². The molecule has 1 aliphatic heterocycles. The fourth-order valence-corrected chi connectivity index (χ4v) is 3.76. The Kier molecular flexibility index (Phi) is 4.52. The lowest BCUT2D eigenvalue weighted by atomic mass is 10.1. The van der Waals surface area contributed by atoms with Crippen molar-refractivity contribution in [3.05, 3.63) is 20.3 Å². The lowest BCUT2D eigenvalue weighted by molar-refractivity contribution is 0.0200. The molecule has 0 radical (unpaired) electrons. The molecule has 1 fully saturated rings. The molecule has 0 aromatic carbocycles. The van der Waals surface area contributed by atoms with E-state index in [4.69, 9.17) is 0 Å². The summed E-state index contributed by atoms with van der Waals surface area (Å²) in [6.45, 7) is 4.88. The van der Waals surface area contributed by atoms with Crippen molar-refractivity contribution in [2.45, 2.75) is 19.4 Å². The Morgan fingerprint density at radius 1 is 1.41 bits per heavy atom. The van der Waals surface area contributed by atoms with Crippen LogP contribution in [0.1, 0.15) is 16.5 Å². The van der Waals surface area contributed by atoms with Crippen LogP contribution in [0.25, 0.3) is 0 Å². The maximum atomic E-state index is 13.2. The van der Waals surface area contributed by atoms with Gasteiger partial charge in [-0.1, -0.05) is 0 Å². The Balaban J connectivity index is 2.21. The van der Waals surface area contributed by atoms with Crippen molar-refractivity contribution in [2.75, 3.05) is 26.2 Å². The van der Waals surface area contributed by atoms with E-state index in [0.29, 0.717) is 13.1 Å². The molecule has 1 saturated heterocycles. The van der Waals surface area contributed by atoms with Gasteiger partial charge < -0.3 is 5.32 Å². The molecule has 6 heteroatoms. The van der Waals surface area contributed by atoms with Crippen molar-refractivity contribution >= 4 is 27.3 Å². The average Bonchev–Trinajstić information content (AvgIpc) is 2.60. The molecule has 2 nitrogen and oxygen atoms in total. The van der Waals surface area contributed by atoms with Gasteiger partial charge in [0.05, 0.1) is 3.79 Å². The molecule has 0 aliphatic carbocycles. The molecular formula is C11H15BrF2N2S. The number of hydrogen-bond donors (Lipinski definition) is 1. The van der Waals surface area contributed by atoms with Crippen molar-refractivity contribution < 1.29 is 8.78 Å². The van der Waals surface area contributed by atoms with Gasteiger partial charge in [-0.3, -0.25) is 4.90 Å². The predicted octanol–water partition coefficient (Wildman–Crippen LogP) is 3.03. The Bertz CT molecular complexity index is 358. The second-order valence-corrected chi connectivity index (χ2v) is 6.57. The van der Waals surface area contributed by atoms with E-state index in [1.54, 1.807) is 0 Å². The fourth-order valence-electron chi connectivity index (χ4n) is 2.05. The van der Waals surface area contributed by atoms with E-state index in [9.17, 15) is 8.78 Å². The smallest absolute Gasteiger partial charge is 0.258 e. The zero-order valence-electron chi connectivity index (χ0n) is 9.55. The normalized spacial score (nSPS) is 19.8. The number of halogens is 3. The number of hydrogen-bond acceptors (Lipinski definition) is 3. The molecule has 96 valence electrons. The zero-order valence-corrected chi connectivity index (χ0v) is 12.0. The highest BCUT2D eigenvalue weighted by Crippen LogP contribution is 2.37. The second kappa shape index (κ2) is 5.73. The molecule has 17 heavy (non-hydrogen) atoms. The summed E-state index contributed by atoms with van der Waals surface area (Å²) in [6, 6.07) is 1.11. The summed E-state index contributed by atoms with van der Waals surface area (Å²) < 4.78 is 27.4. The molecular weight excluding hydrogens is 310 g/mol. The number of alkyl halides is 2. The minimum absolute atomic E-state index is 0.684. The Morgan fingerprint density at radius 3 is 2.53 bits per heavy atom. The van der Waals surface area contributed by atoms with Gasteiger partial charge in [0, 0.05) is 31.1 Å². The molecule has 1 N–H and O–H groups in total. The summed E-state index contributed by atoms with van der Waals surface area (Å²) in [5.74, 6) is 0. The molecule has 0 bridgehead atoms. The van der Waals surface area contributed by atoms with Gasteiger partial charge in [0.2, 0.25) is 0 Å². The maximum absolute atomic E-state index is 13.2. The predicted molar refractivity (Wildman–Crippen MR) is 69.9 cm³/mol. The summed E-state index contributed by atoms with van der Waals surface area (Å²) in [5, 5.41) is 3.18. The highest BCUT2D eigenvalue weighted by molar-refractivity contribution is 9.11. The van der Waals surface area contributed by atoms with Gasteiger partial charge in [-0.2, -0.15) is 0 Å². The molecule has 2 heterocycles. The quantitative estimate of drug-likeness (QED) is 0.919. The zero-order chi connectivity index (χ0) is 12.4. The Labute approximate surface area is 112 Å². The highest BCUT2D eigenvalue weighted by Gasteiger charge is 2.31. The van der Waals surface area contributed by atoms with Crippen LogP contribution in [0.3, 0.4) is 0 Å². The monoisotopic (exact) mass is 324 g/mol. The van der Waals surface area contributed by atoms with Crippen LogP contribution in [0.5, 0.6) is 0 Å². The van der Waals surface area contributed by atoms with Crippen LogP contribution < -0.4 is 5.32 Å². The number of nitrogens with zero attached hydrogens (tertiary/aromatic N) is 1. The van der Waals surface area contributed by atoms with Gasteiger partial charge in [0.1, 0.15) is 6.04 Å². The van der Waals surface area contributed by atoms with Crippen LogP contribution in [0, 0.1) is 6.92 Å². The highest BCUT2D eigenvalue weighted by atomic mass is 79.9. The van der Waals surface area contributed by atoms with Crippen molar-refractivity contribution in [1.82, 2.24) is 10.2 Å². The molecule has 0 amide bonds. The molecule has 1 aromatic heterocycles. The standard InChI is InChI=1S/C11H15BrF2N2S/c1-7-6-8(17-10(7)12)9(11(13)14)16-4-2-15-3-5-16/h6,9,11,15H,2-5H2,1H3/t9-/m1/s1. The summed E-state index contributed by atoms with van der Waals surface area (Å²) in [6.07, 6.45) is -2.34. The van der Waals surface area contributed by atoms with Crippen molar-refractivity contribution in [2.24, 2.45) is 0 Å². The summed E-state index contributed by atoms with van der Waals surface area (Å²) in [7, 11) is 0. The lowest BCUT2D eigenvalue weighted by Gasteiger charge is -2.33. The molecule has 0 spiro atoms. The second-order valence-electron chi connectivity index (χ2n) is 4.17. The molecule has 1 aliphatic rings. The average molecular weight is 325 g/mol. The minimum Gasteiger partial charge on any atom is -0.314 e. The largest absolute Gasteiger partial charge is 0.314 e. The van der Waals surface area contributed by atoms with Crippen molar-refractivity contribution in [1.29, 1.82) is 0 Å². The topological polar surface area (TPSA) is 15.3 Å². The molecule has 0 saturated carbocycles. The van der Waals surface area contributed by atoms with Crippen molar-refractivity contribution in [3.63, 3.8) is 0 Å². The van der Waals surface area contributed by atoms with E-state index >= 15 is 0 Å². The van der Waals surface area contributed by atoms with Gasteiger partial charge in [-0.25, -0.2) is 8.78 Å².